The number of fused-ring (bicyclic) bond motifs is 16. The largest absolute Gasteiger partial charge is 0.310 e. The number of para-hydroxylation sites is 4. The predicted molar refractivity (Wildman–Crippen MR) is 514 cm³/mol. The van der Waals surface area contributed by atoms with Gasteiger partial charge in [0.05, 0.1) is 55.4 Å². The Kier molecular flexibility index (Phi) is 12.7. The van der Waals surface area contributed by atoms with Crippen LogP contribution in [-0.4, -0.2) is 15.8 Å². The molecule has 23 rings (SSSR count). The van der Waals surface area contributed by atoms with Crippen LogP contribution in [0.25, 0.3) is 165 Å². The number of hydrogen-bond donors (Lipinski definition) is 0. The van der Waals surface area contributed by atoms with E-state index < -0.39 is 114 Å². The SMILES string of the molecule is [2H]c1c([2H])c([2H])c2c(c1[2H])c1c([2H])c([2H])c([2H])c([2H])c1n2-c1ccc2c(c1)N(c1c(-c3cccc(-c4ccccc4)c3)cc(C)cc1-c1ccc3ccc4ccccc4c3c1)c1cc(C(C)(C)C)cc3c1B2c1ccc(-n2c4c([2H])c([2H])c([2H])c([2H])c4c4c([2H])c([2H])c([2H])c([2H])c42)cc1N3c1c(-c2cccc(-c3ccccc3)c2)cc(C(C)(C)C)cc1-c1ccc2ccc3ccccc3c2c1. The van der Waals surface area contributed by atoms with E-state index in [-0.39, 0.29) is 43.6 Å². The Labute approximate surface area is 723 Å². The fraction of sp³-hybridized carbons (Fsp3) is 0.0783. The molecule has 21 aromatic rings. The number of aromatic nitrogens is 2. The second kappa shape index (κ2) is 27.3. The van der Waals surface area contributed by atoms with E-state index in [0.717, 1.165) is 166 Å². The van der Waals surface area contributed by atoms with Gasteiger partial charge >= 0.3 is 0 Å². The van der Waals surface area contributed by atoms with Crippen LogP contribution in [0.1, 0.15) is 80.2 Å². The molecule has 0 unspecified atom stereocenters. The van der Waals surface area contributed by atoms with Gasteiger partial charge in [0.2, 0.25) is 0 Å². The molecular weight excluding hydrogens is 1450 g/mol. The summed E-state index contributed by atoms with van der Waals surface area (Å²) in [5.74, 6) is 0. The van der Waals surface area contributed by atoms with Gasteiger partial charge < -0.3 is 18.9 Å². The lowest BCUT2D eigenvalue weighted by Crippen LogP contribution is -2.61. The third-order valence-electron chi connectivity index (χ3n) is 24.8. The first-order chi connectivity index (χ1) is 65.3. The normalized spacial score (nSPS) is 14.6. The summed E-state index contributed by atoms with van der Waals surface area (Å²) in [4.78, 5) is 4.78. The summed E-state index contributed by atoms with van der Waals surface area (Å²) >= 11 is 0. The van der Waals surface area contributed by atoms with Crippen molar-refractivity contribution in [1.82, 2.24) is 9.13 Å². The highest BCUT2D eigenvalue weighted by atomic mass is 15.2. The van der Waals surface area contributed by atoms with E-state index >= 15 is 0 Å². The molecule has 0 radical (unpaired) electrons. The number of nitrogens with zero attached hydrogens (tertiary/aromatic N) is 4. The average Bonchev–Trinajstić information content (AvgIpc) is 1.26. The Bertz CT molecular complexity index is 8720. The number of aryl methyl sites for hydroxylation is 1. The number of benzene rings is 19. The molecular formula is C115H85BN4. The Hall–Kier alpha value is -14.5. The number of hydrogen-bond acceptors (Lipinski definition) is 2. The molecule has 4 heterocycles. The summed E-state index contributed by atoms with van der Waals surface area (Å²) in [7, 11) is 0. The molecule has 0 saturated carbocycles. The standard InChI is InChI=1S/C115H85BN4/c1-72-60-97(81-36-26-34-79(62-81)73-28-10-8-11-29-73)112(98(61-72)83-54-52-77-50-48-75-32-14-16-38-89(75)95(77)64-83)119-107-70-87(117-103-44-22-18-40-91(103)92-41-19-23-45-104(92)117)56-58-101(107)116-102-59-57-88(118-105-46-24-20-42-93(105)94-43-21-25-47-106(94)118)71-108(102)120(110-69-86(115(5,6)7)68-109(119)111(110)116)113-99(82-37-27-35-80(63-82)74-30-12-9-13-31-74)66-85(114(2,3)4)67-100(113)84-55-53-78-51-49-76-33-15-17-39-90(76)96(78)65-84/h8-71H,1-7H3/i18D,19D,20D,21D,22D,23D,24D,25D,40D,41D,42D,43D,44D,45D,46D,47D. The minimum Gasteiger partial charge on any atom is -0.310 e. The molecule has 0 N–H and O–H groups in total. The summed E-state index contributed by atoms with van der Waals surface area (Å²) in [6.07, 6.45) is 0. The van der Waals surface area contributed by atoms with Gasteiger partial charge in [0, 0.05) is 77.9 Å². The van der Waals surface area contributed by atoms with E-state index in [1.807, 2.05) is 72.8 Å². The van der Waals surface area contributed by atoms with Crippen LogP contribution < -0.4 is 26.2 Å². The maximum absolute atomic E-state index is 10.1. The third kappa shape index (κ3) is 11.3. The number of rotatable bonds is 10. The molecule has 0 amide bonds. The molecule has 2 aromatic heterocycles. The molecule has 0 spiro atoms. The van der Waals surface area contributed by atoms with E-state index in [4.69, 9.17) is 0 Å². The highest BCUT2D eigenvalue weighted by Crippen LogP contribution is 2.57. The summed E-state index contributed by atoms with van der Waals surface area (Å²) in [6, 6.07) is 94.2. The van der Waals surface area contributed by atoms with Gasteiger partial charge in [-0.05, 0) is 248 Å². The zero-order valence-electron chi connectivity index (χ0n) is 83.1. The highest BCUT2D eigenvalue weighted by Gasteiger charge is 2.47. The van der Waals surface area contributed by atoms with Crippen LogP contribution >= 0.6 is 0 Å². The first-order valence-corrected chi connectivity index (χ1v) is 40.9. The zero-order chi connectivity index (χ0) is 94.3. The van der Waals surface area contributed by atoms with Gasteiger partial charge in [-0.3, -0.25) is 0 Å². The molecule has 2 aliphatic rings. The molecule has 0 aliphatic carbocycles. The van der Waals surface area contributed by atoms with Crippen LogP contribution in [0.15, 0.2) is 388 Å². The monoisotopic (exact) mass is 1550 g/mol. The van der Waals surface area contributed by atoms with Crippen LogP contribution in [0.5, 0.6) is 0 Å². The molecule has 5 heteroatoms. The van der Waals surface area contributed by atoms with Crippen LogP contribution in [0.3, 0.4) is 0 Å². The Morgan fingerprint density at radius 2 is 0.592 bits per heavy atom. The first-order valence-electron chi connectivity index (χ1n) is 48.9. The van der Waals surface area contributed by atoms with E-state index in [9.17, 15) is 21.9 Å². The van der Waals surface area contributed by atoms with Gasteiger partial charge in [-0.25, -0.2) is 0 Å². The number of anilines is 6. The Morgan fingerprint density at radius 1 is 0.258 bits per heavy atom. The summed E-state index contributed by atoms with van der Waals surface area (Å²) < 4.78 is 158. The van der Waals surface area contributed by atoms with Gasteiger partial charge in [0.1, 0.15) is 0 Å². The van der Waals surface area contributed by atoms with Crippen molar-refractivity contribution in [3.8, 4) is 78.1 Å². The van der Waals surface area contributed by atoms with Crippen molar-refractivity contribution in [2.24, 2.45) is 0 Å². The van der Waals surface area contributed by atoms with Crippen molar-refractivity contribution in [3.05, 3.63) is 405 Å². The van der Waals surface area contributed by atoms with Crippen molar-refractivity contribution in [2.45, 2.75) is 59.3 Å². The quantitative estimate of drug-likeness (QED) is 0.100. The second-order valence-corrected chi connectivity index (χ2v) is 34.1. The van der Waals surface area contributed by atoms with Crippen molar-refractivity contribution in [1.29, 1.82) is 0 Å². The second-order valence-electron chi connectivity index (χ2n) is 34.1. The van der Waals surface area contributed by atoms with Crippen molar-refractivity contribution >= 4 is 144 Å². The van der Waals surface area contributed by atoms with Crippen LogP contribution in [0.4, 0.5) is 34.1 Å². The fourth-order valence-corrected chi connectivity index (χ4v) is 19.1. The topological polar surface area (TPSA) is 16.3 Å². The van der Waals surface area contributed by atoms with Crippen molar-refractivity contribution in [3.63, 3.8) is 0 Å². The lowest BCUT2D eigenvalue weighted by molar-refractivity contribution is 0.590. The predicted octanol–water partition coefficient (Wildman–Crippen LogP) is 29.5. The minimum absolute atomic E-state index is 0.0604. The molecule has 0 atom stereocenters. The van der Waals surface area contributed by atoms with Gasteiger partial charge in [-0.1, -0.05) is 320 Å². The molecule has 120 heavy (non-hydrogen) atoms. The average molecular weight is 1550 g/mol. The fourth-order valence-electron chi connectivity index (χ4n) is 19.1. The van der Waals surface area contributed by atoms with E-state index in [1.54, 1.807) is 9.13 Å². The minimum atomic E-state index is -0.833. The Balaban J connectivity index is 0.938. The van der Waals surface area contributed by atoms with Crippen molar-refractivity contribution < 1.29 is 21.9 Å². The molecule has 2 aliphatic heterocycles. The third-order valence-corrected chi connectivity index (χ3v) is 24.8. The van der Waals surface area contributed by atoms with E-state index in [1.165, 1.54) is 0 Å². The first kappa shape index (κ1) is 55.9. The molecule has 0 bridgehead atoms. The smallest absolute Gasteiger partial charge is 0.252 e. The lowest BCUT2D eigenvalue weighted by Gasteiger charge is -2.46. The van der Waals surface area contributed by atoms with Crippen LogP contribution in [0, 0.1) is 6.92 Å². The van der Waals surface area contributed by atoms with E-state index in [2.05, 4.69) is 277 Å². The summed E-state index contributed by atoms with van der Waals surface area (Å²) in [6.45, 7) is 14.6. The van der Waals surface area contributed by atoms with Gasteiger partial charge in [-0.2, -0.15) is 0 Å². The zero-order valence-corrected chi connectivity index (χ0v) is 67.1. The Morgan fingerprint density at radius 3 is 1.00 bits per heavy atom. The molecule has 0 saturated heterocycles. The molecule has 0 fully saturated rings. The van der Waals surface area contributed by atoms with Crippen molar-refractivity contribution in [2.75, 3.05) is 9.80 Å². The maximum atomic E-state index is 10.1. The van der Waals surface area contributed by atoms with Gasteiger partial charge in [-0.15, -0.1) is 0 Å². The lowest BCUT2D eigenvalue weighted by atomic mass is 9.33. The molecule has 4 nitrogen and oxygen atoms in total. The van der Waals surface area contributed by atoms with Gasteiger partial charge in [0.15, 0.2) is 0 Å². The summed E-state index contributed by atoms with van der Waals surface area (Å²) in [5, 5.41) is 8.03. The van der Waals surface area contributed by atoms with E-state index in [0.29, 0.717) is 22.7 Å². The maximum Gasteiger partial charge on any atom is 0.252 e. The summed E-state index contributed by atoms with van der Waals surface area (Å²) in [5.41, 5.74) is 19.2. The molecule has 19 aromatic carbocycles. The highest BCUT2D eigenvalue weighted by molar-refractivity contribution is 7.00. The molecule has 568 valence electrons. The van der Waals surface area contributed by atoms with Crippen LogP contribution in [0.2, 0.25) is 0 Å². The van der Waals surface area contributed by atoms with Crippen LogP contribution in [-0.2, 0) is 10.8 Å². The van der Waals surface area contributed by atoms with Gasteiger partial charge in [0.25, 0.3) is 6.71 Å².